The minimum absolute atomic E-state index is 0.128. The molecule has 4 aromatic rings. The summed E-state index contributed by atoms with van der Waals surface area (Å²) >= 11 is 6.22. The number of sulfonamides is 1. The van der Waals surface area contributed by atoms with E-state index in [0.29, 0.717) is 39.5 Å². The number of nitrogens with zero attached hydrogens (tertiary/aromatic N) is 3. The van der Waals surface area contributed by atoms with Crippen molar-refractivity contribution in [3.8, 4) is 17.2 Å². The number of hydrogen-bond donors (Lipinski definition) is 0. The van der Waals surface area contributed by atoms with Gasteiger partial charge in [-0.3, -0.25) is 9.36 Å². The Kier molecular flexibility index (Phi) is 8.40. The van der Waals surface area contributed by atoms with Crippen LogP contribution < -0.4 is 15.0 Å². The van der Waals surface area contributed by atoms with E-state index >= 15 is 0 Å². The van der Waals surface area contributed by atoms with E-state index in [4.69, 9.17) is 26.1 Å². The lowest BCUT2D eigenvalue weighted by molar-refractivity contribution is 0.322. The number of hydrogen-bond acceptors (Lipinski definition) is 6. The van der Waals surface area contributed by atoms with Gasteiger partial charge in [-0.2, -0.15) is 4.31 Å². The van der Waals surface area contributed by atoms with Crippen molar-refractivity contribution < 1.29 is 17.9 Å². The van der Waals surface area contributed by atoms with Gasteiger partial charge in [0.2, 0.25) is 10.0 Å². The van der Waals surface area contributed by atoms with Crippen molar-refractivity contribution in [1.29, 1.82) is 0 Å². The van der Waals surface area contributed by atoms with E-state index < -0.39 is 16.1 Å². The molecule has 0 spiro atoms. The topological polar surface area (TPSA) is 90.7 Å². The zero-order valence-electron chi connectivity index (χ0n) is 21.7. The lowest BCUT2D eigenvalue weighted by atomic mass is 10.2. The molecule has 0 aliphatic carbocycles. The molecule has 3 aromatic carbocycles. The maximum atomic E-state index is 13.9. The molecule has 1 atom stereocenters. The molecule has 10 heteroatoms. The Hall–Kier alpha value is -3.40. The van der Waals surface area contributed by atoms with Crippen molar-refractivity contribution in [2.75, 3.05) is 20.8 Å². The molecular formula is C28H30ClN3O5S. The van der Waals surface area contributed by atoms with Gasteiger partial charge in [-0.1, -0.05) is 24.9 Å². The normalized spacial score (nSPS) is 12.6. The summed E-state index contributed by atoms with van der Waals surface area (Å²) in [5.41, 5.74) is 0.613. The average Bonchev–Trinajstić information content (AvgIpc) is 2.93. The number of aromatic nitrogens is 2. The molecule has 4 rings (SSSR count). The summed E-state index contributed by atoms with van der Waals surface area (Å²) in [7, 11) is -0.869. The zero-order chi connectivity index (χ0) is 27.4. The SMILES string of the molecule is CCCCN(C(C)c1nc2cc(Cl)ccc2c(=O)n1-c1ccc(OC)cc1)S(=O)(=O)c1ccc(OC)cc1. The van der Waals surface area contributed by atoms with Crippen LogP contribution in [0.2, 0.25) is 5.02 Å². The molecule has 0 bridgehead atoms. The third-order valence-electron chi connectivity index (χ3n) is 6.39. The second kappa shape index (κ2) is 11.6. The van der Waals surface area contributed by atoms with E-state index in [1.807, 2.05) is 6.92 Å². The fraction of sp³-hybridized carbons (Fsp3) is 0.286. The maximum absolute atomic E-state index is 13.9. The Morgan fingerprint density at radius 1 is 0.974 bits per heavy atom. The van der Waals surface area contributed by atoms with Crippen LogP contribution in [0.4, 0.5) is 0 Å². The summed E-state index contributed by atoms with van der Waals surface area (Å²) in [6.07, 6.45) is 1.42. The highest BCUT2D eigenvalue weighted by atomic mass is 35.5. The van der Waals surface area contributed by atoms with E-state index in [2.05, 4.69) is 0 Å². The number of rotatable bonds is 10. The maximum Gasteiger partial charge on any atom is 0.266 e. The smallest absolute Gasteiger partial charge is 0.266 e. The van der Waals surface area contributed by atoms with Crippen molar-refractivity contribution in [1.82, 2.24) is 13.9 Å². The van der Waals surface area contributed by atoms with Gasteiger partial charge >= 0.3 is 0 Å². The molecule has 0 saturated heterocycles. The highest BCUT2D eigenvalue weighted by Crippen LogP contribution is 2.30. The van der Waals surface area contributed by atoms with Crippen molar-refractivity contribution in [3.05, 3.63) is 87.9 Å². The molecule has 0 saturated carbocycles. The summed E-state index contributed by atoms with van der Waals surface area (Å²) < 4.78 is 41.2. The molecule has 0 fully saturated rings. The van der Waals surface area contributed by atoms with E-state index in [1.165, 1.54) is 28.1 Å². The van der Waals surface area contributed by atoms with Crippen molar-refractivity contribution >= 4 is 32.5 Å². The van der Waals surface area contributed by atoms with Crippen LogP contribution in [0.1, 0.15) is 38.6 Å². The first-order chi connectivity index (χ1) is 18.2. The van der Waals surface area contributed by atoms with Crippen LogP contribution in [-0.4, -0.2) is 43.0 Å². The van der Waals surface area contributed by atoms with Gasteiger partial charge < -0.3 is 9.47 Å². The number of fused-ring (bicyclic) bond motifs is 1. The van der Waals surface area contributed by atoms with Crippen LogP contribution >= 0.6 is 11.6 Å². The molecule has 200 valence electrons. The molecule has 0 aliphatic heterocycles. The predicted octanol–water partition coefficient (Wildman–Crippen LogP) is 5.61. The Morgan fingerprint density at radius 3 is 2.16 bits per heavy atom. The van der Waals surface area contributed by atoms with Gasteiger partial charge in [-0.15, -0.1) is 0 Å². The molecule has 1 heterocycles. The third kappa shape index (κ3) is 5.41. The van der Waals surface area contributed by atoms with Gasteiger partial charge in [0.15, 0.2) is 0 Å². The number of ether oxygens (including phenoxy) is 2. The number of methoxy groups -OCH3 is 2. The first kappa shape index (κ1) is 27.6. The first-order valence-corrected chi connectivity index (χ1v) is 14.1. The average molecular weight is 556 g/mol. The largest absolute Gasteiger partial charge is 0.497 e. The fourth-order valence-corrected chi connectivity index (χ4v) is 6.08. The van der Waals surface area contributed by atoms with Gasteiger partial charge in [-0.05, 0) is 80.1 Å². The molecule has 0 amide bonds. The van der Waals surface area contributed by atoms with Crippen LogP contribution in [0.5, 0.6) is 11.5 Å². The van der Waals surface area contributed by atoms with Gasteiger partial charge in [0.25, 0.3) is 5.56 Å². The molecule has 0 radical (unpaired) electrons. The van der Waals surface area contributed by atoms with Crippen LogP contribution in [0, 0.1) is 0 Å². The summed E-state index contributed by atoms with van der Waals surface area (Å²) in [5.74, 6) is 1.46. The summed E-state index contributed by atoms with van der Waals surface area (Å²) in [6.45, 7) is 3.99. The second-order valence-corrected chi connectivity index (χ2v) is 11.1. The molecule has 1 unspecified atom stereocenters. The minimum atomic E-state index is -3.95. The van der Waals surface area contributed by atoms with Gasteiger partial charge in [0, 0.05) is 11.6 Å². The van der Waals surface area contributed by atoms with Crippen molar-refractivity contribution in [3.63, 3.8) is 0 Å². The van der Waals surface area contributed by atoms with E-state index in [9.17, 15) is 13.2 Å². The quantitative estimate of drug-likeness (QED) is 0.253. The van der Waals surface area contributed by atoms with Crippen molar-refractivity contribution in [2.45, 2.75) is 37.6 Å². The van der Waals surface area contributed by atoms with E-state index in [-0.39, 0.29) is 22.8 Å². The number of halogens is 1. The van der Waals surface area contributed by atoms with Gasteiger partial charge in [-0.25, -0.2) is 13.4 Å². The Morgan fingerprint density at radius 2 is 1.58 bits per heavy atom. The van der Waals surface area contributed by atoms with Crippen LogP contribution in [-0.2, 0) is 10.0 Å². The molecular weight excluding hydrogens is 526 g/mol. The van der Waals surface area contributed by atoms with E-state index in [1.54, 1.807) is 68.6 Å². The summed E-state index contributed by atoms with van der Waals surface area (Å²) in [5, 5.41) is 0.804. The van der Waals surface area contributed by atoms with Gasteiger partial charge in [0.1, 0.15) is 17.3 Å². The highest BCUT2D eigenvalue weighted by molar-refractivity contribution is 7.89. The molecule has 1 aromatic heterocycles. The first-order valence-electron chi connectivity index (χ1n) is 12.2. The van der Waals surface area contributed by atoms with Crippen LogP contribution in [0.3, 0.4) is 0 Å². The monoisotopic (exact) mass is 555 g/mol. The second-order valence-electron chi connectivity index (χ2n) is 8.79. The van der Waals surface area contributed by atoms with Crippen LogP contribution in [0.15, 0.2) is 76.4 Å². The fourth-order valence-electron chi connectivity index (χ4n) is 4.28. The molecule has 8 nitrogen and oxygen atoms in total. The summed E-state index contributed by atoms with van der Waals surface area (Å²) in [4.78, 5) is 18.7. The standard InChI is InChI=1S/C28H30ClN3O5S/c1-5-6-17-31(38(34,35)24-14-12-23(37-4)13-15-24)19(2)27-30-26-18-20(29)7-16-25(26)28(33)32(27)21-8-10-22(36-3)11-9-21/h7-16,18-19H,5-6,17H2,1-4H3. The Bertz CT molecular complexity index is 1590. The summed E-state index contributed by atoms with van der Waals surface area (Å²) in [6, 6.07) is 17.3. The lowest BCUT2D eigenvalue weighted by Crippen LogP contribution is -2.38. The Labute approximate surface area is 227 Å². The number of unbranched alkanes of at least 4 members (excludes halogenated alkanes) is 1. The minimum Gasteiger partial charge on any atom is -0.497 e. The zero-order valence-corrected chi connectivity index (χ0v) is 23.3. The molecule has 0 N–H and O–H groups in total. The molecule has 0 aliphatic rings. The van der Waals surface area contributed by atoms with Gasteiger partial charge in [0.05, 0.1) is 41.7 Å². The number of benzene rings is 3. The molecule has 38 heavy (non-hydrogen) atoms. The van der Waals surface area contributed by atoms with Crippen molar-refractivity contribution in [2.24, 2.45) is 0 Å². The highest BCUT2D eigenvalue weighted by Gasteiger charge is 2.33. The Balaban J connectivity index is 1.93. The lowest BCUT2D eigenvalue weighted by Gasteiger charge is -2.30. The van der Waals surface area contributed by atoms with E-state index in [0.717, 1.165) is 6.42 Å². The predicted molar refractivity (Wildman–Crippen MR) is 149 cm³/mol. The third-order valence-corrected chi connectivity index (χ3v) is 8.61. The van der Waals surface area contributed by atoms with Crippen LogP contribution in [0.25, 0.3) is 16.6 Å².